The lowest BCUT2D eigenvalue weighted by Gasteiger charge is -2.14. The number of hydrogen-bond donors (Lipinski definition) is 2. The molecule has 1 heterocycles. The van der Waals surface area contributed by atoms with E-state index in [9.17, 15) is 18.0 Å². The molecule has 1 aliphatic carbocycles. The third-order valence-electron chi connectivity index (χ3n) is 3.73. The van der Waals surface area contributed by atoms with E-state index in [0.29, 0.717) is 12.8 Å². The number of anilines is 1. The van der Waals surface area contributed by atoms with E-state index < -0.39 is 17.4 Å². The van der Waals surface area contributed by atoms with E-state index in [1.807, 2.05) is 31.2 Å². The molecule has 0 atom stereocenters. The van der Waals surface area contributed by atoms with Crippen molar-refractivity contribution in [3.05, 3.63) is 41.2 Å². The Morgan fingerprint density at radius 2 is 2.09 bits per heavy atom. The van der Waals surface area contributed by atoms with Gasteiger partial charge in [0, 0.05) is 0 Å². The summed E-state index contributed by atoms with van der Waals surface area (Å²) in [7, 11) is 0. The van der Waals surface area contributed by atoms with Gasteiger partial charge in [0.25, 0.3) is 0 Å². The zero-order valence-corrected chi connectivity index (χ0v) is 11.7. The van der Waals surface area contributed by atoms with Gasteiger partial charge in [-0.15, -0.1) is 5.10 Å². The van der Waals surface area contributed by atoms with Gasteiger partial charge in [0.1, 0.15) is 0 Å². The number of amides is 1. The second-order valence-corrected chi connectivity index (χ2v) is 5.41. The molecule has 0 radical (unpaired) electrons. The van der Waals surface area contributed by atoms with Crippen LogP contribution in [0.2, 0.25) is 0 Å². The zero-order chi connectivity index (χ0) is 16.0. The topological polar surface area (TPSA) is 70.7 Å². The molecule has 1 aromatic heterocycles. The molecule has 1 aliphatic rings. The van der Waals surface area contributed by atoms with Crippen molar-refractivity contribution >= 4 is 11.9 Å². The Kier molecular flexibility index (Phi) is 3.19. The highest BCUT2D eigenvalue weighted by molar-refractivity contribution is 6.00. The summed E-state index contributed by atoms with van der Waals surface area (Å²) < 4.78 is 37.3. The van der Waals surface area contributed by atoms with Crippen LogP contribution >= 0.6 is 0 Å². The molecule has 1 fully saturated rings. The van der Waals surface area contributed by atoms with Crippen LogP contribution in [0.5, 0.6) is 0 Å². The van der Waals surface area contributed by atoms with Crippen LogP contribution in [-0.2, 0) is 16.4 Å². The molecule has 5 nitrogen and oxygen atoms in total. The highest BCUT2D eigenvalue weighted by Gasteiger charge is 2.51. The maximum atomic E-state index is 12.4. The van der Waals surface area contributed by atoms with Crippen molar-refractivity contribution in [2.24, 2.45) is 0 Å². The first kappa shape index (κ1) is 14.6. The number of benzene rings is 1. The Morgan fingerprint density at radius 1 is 1.36 bits per heavy atom. The van der Waals surface area contributed by atoms with Crippen molar-refractivity contribution in [3.8, 4) is 0 Å². The standard InChI is InChI=1S/C14H13F3N4O/c1-8-3-2-4-9(7-8)13(5-6-13)11(22)19-12-18-10(20-21-12)14(15,16)17/h2-4,7H,5-6H2,1H3,(H2,18,19,20,21,22). The fourth-order valence-electron chi connectivity index (χ4n) is 2.38. The number of aryl methyl sites for hydroxylation is 1. The summed E-state index contributed by atoms with van der Waals surface area (Å²) in [4.78, 5) is 15.6. The minimum atomic E-state index is -4.62. The summed E-state index contributed by atoms with van der Waals surface area (Å²) in [5.74, 6) is -1.98. The fourth-order valence-corrected chi connectivity index (χ4v) is 2.38. The molecule has 1 aromatic carbocycles. The molecule has 1 amide bonds. The Hall–Kier alpha value is -2.38. The Labute approximate surface area is 123 Å². The van der Waals surface area contributed by atoms with Crippen molar-refractivity contribution < 1.29 is 18.0 Å². The van der Waals surface area contributed by atoms with Crippen LogP contribution in [-0.4, -0.2) is 21.1 Å². The van der Waals surface area contributed by atoms with Crippen LogP contribution in [0.25, 0.3) is 0 Å². The molecule has 1 saturated carbocycles. The summed E-state index contributed by atoms with van der Waals surface area (Å²) >= 11 is 0. The third-order valence-corrected chi connectivity index (χ3v) is 3.73. The van der Waals surface area contributed by atoms with Crippen LogP contribution < -0.4 is 5.32 Å². The fraction of sp³-hybridized carbons (Fsp3) is 0.357. The maximum absolute atomic E-state index is 12.4. The minimum absolute atomic E-state index is 0.365. The first-order chi connectivity index (χ1) is 10.3. The highest BCUT2D eigenvalue weighted by Crippen LogP contribution is 2.49. The van der Waals surface area contributed by atoms with Crippen molar-refractivity contribution in [3.63, 3.8) is 0 Å². The smallest absolute Gasteiger partial charge is 0.292 e. The molecular formula is C14H13F3N4O. The second kappa shape index (κ2) is 4.82. The van der Waals surface area contributed by atoms with Crippen LogP contribution in [0.3, 0.4) is 0 Å². The quantitative estimate of drug-likeness (QED) is 0.916. The first-order valence-electron chi connectivity index (χ1n) is 6.69. The SMILES string of the molecule is Cc1cccc(C2(C(=O)Nc3n[nH]c(C(F)(F)F)n3)CC2)c1. The van der Waals surface area contributed by atoms with E-state index in [0.717, 1.165) is 11.1 Å². The Bertz CT molecular complexity index is 719. The summed E-state index contributed by atoms with van der Waals surface area (Å²) in [5, 5.41) is 7.52. The van der Waals surface area contributed by atoms with E-state index in [1.54, 1.807) is 5.10 Å². The molecule has 2 aromatic rings. The molecule has 0 spiro atoms. The minimum Gasteiger partial charge on any atom is -0.292 e. The van der Waals surface area contributed by atoms with Crippen molar-refractivity contribution in [1.29, 1.82) is 0 Å². The first-order valence-corrected chi connectivity index (χ1v) is 6.69. The molecule has 0 saturated heterocycles. The zero-order valence-electron chi connectivity index (χ0n) is 11.7. The van der Waals surface area contributed by atoms with E-state index in [4.69, 9.17) is 0 Å². The van der Waals surface area contributed by atoms with Gasteiger partial charge in [-0.25, -0.2) is 0 Å². The molecule has 2 N–H and O–H groups in total. The number of alkyl halides is 3. The van der Waals surface area contributed by atoms with Gasteiger partial charge in [0.2, 0.25) is 17.7 Å². The molecule has 8 heteroatoms. The van der Waals surface area contributed by atoms with Gasteiger partial charge in [0.15, 0.2) is 0 Å². The number of carbonyl (C=O) groups excluding carboxylic acids is 1. The monoisotopic (exact) mass is 310 g/mol. The number of aromatic nitrogens is 3. The Balaban J connectivity index is 1.79. The molecule has 0 unspecified atom stereocenters. The Morgan fingerprint density at radius 3 is 2.64 bits per heavy atom. The molecule has 116 valence electrons. The van der Waals surface area contributed by atoms with Crippen LogP contribution in [0, 0.1) is 6.92 Å². The van der Waals surface area contributed by atoms with Gasteiger partial charge in [-0.3, -0.25) is 15.2 Å². The number of nitrogens with one attached hydrogen (secondary N) is 2. The predicted molar refractivity (Wildman–Crippen MR) is 72.1 cm³/mol. The average Bonchev–Trinajstić information content (AvgIpc) is 3.12. The van der Waals surface area contributed by atoms with Crippen LogP contribution in [0.4, 0.5) is 19.1 Å². The number of nitrogens with zero attached hydrogens (tertiary/aromatic N) is 2. The van der Waals surface area contributed by atoms with E-state index in [2.05, 4.69) is 15.4 Å². The highest BCUT2D eigenvalue weighted by atomic mass is 19.4. The van der Waals surface area contributed by atoms with Gasteiger partial charge >= 0.3 is 6.18 Å². The molecule has 0 aliphatic heterocycles. The van der Waals surface area contributed by atoms with Gasteiger partial charge in [-0.05, 0) is 25.3 Å². The van der Waals surface area contributed by atoms with E-state index in [1.165, 1.54) is 0 Å². The predicted octanol–water partition coefficient (Wildman–Crippen LogP) is 2.80. The van der Waals surface area contributed by atoms with Gasteiger partial charge in [0.05, 0.1) is 5.41 Å². The normalized spacial score (nSPS) is 16.4. The number of H-pyrrole nitrogens is 1. The lowest BCUT2D eigenvalue weighted by Crippen LogP contribution is -2.28. The van der Waals surface area contributed by atoms with Crippen molar-refractivity contribution in [2.45, 2.75) is 31.4 Å². The lowest BCUT2D eigenvalue weighted by atomic mass is 9.94. The number of halogens is 3. The van der Waals surface area contributed by atoms with Gasteiger partial charge in [-0.2, -0.15) is 18.2 Å². The number of hydrogen-bond acceptors (Lipinski definition) is 3. The van der Waals surface area contributed by atoms with Gasteiger partial charge in [-0.1, -0.05) is 29.8 Å². The average molecular weight is 310 g/mol. The summed E-state index contributed by atoms with van der Waals surface area (Å²) in [6.07, 6.45) is -3.32. The van der Waals surface area contributed by atoms with Crippen molar-refractivity contribution in [1.82, 2.24) is 15.2 Å². The summed E-state index contributed by atoms with van der Waals surface area (Å²) in [6.45, 7) is 1.92. The second-order valence-electron chi connectivity index (χ2n) is 5.41. The molecule has 3 rings (SSSR count). The molecule has 0 bridgehead atoms. The van der Waals surface area contributed by atoms with Crippen molar-refractivity contribution in [2.75, 3.05) is 5.32 Å². The van der Waals surface area contributed by atoms with E-state index >= 15 is 0 Å². The molecule has 22 heavy (non-hydrogen) atoms. The number of carbonyl (C=O) groups is 1. The van der Waals surface area contributed by atoms with E-state index in [-0.39, 0.29) is 11.9 Å². The van der Waals surface area contributed by atoms with Crippen LogP contribution in [0.15, 0.2) is 24.3 Å². The molecular weight excluding hydrogens is 297 g/mol. The number of aromatic amines is 1. The largest absolute Gasteiger partial charge is 0.451 e. The summed E-state index contributed by atoms with van der Waals surface area (Å²) in [6, 6.07) is 7.53. The summed E-state index contributed by atoms with van der Waals surface area (Å²) in [5.41, 5.74) is 1.19. The van der Waals surface area contributed by atoms with Gasteiger partial charge < -0.3 is 0 Å². The van der Waals surface area contributed by atoms with Crippen LogP contribution in [0.1, 0.15) is 29.8 Å². The number of rotatable bonds is 3. The third kappa shape index (κ3) is 2.56. The lowest BCUT2D eigenvalue weighted by molar-refractivity contribution is -0.144. The maximum Gasteiger partial charge on any atom is 0.451 e.